The third-order valence-corrected chi connectivity index (χ3v) is 2.56. The van der Waals surface area contributed by atoms with Crippen LogP contribution in [0.2, 0.25) is 0 Å². The van der Waals surface area contributed by atoms with Crippen molar-refractivity contribution in [3.63, 3.8) is 0 Å². The van der Waals surface area contributed by atoms with Crippen LogP contribution in [-0.2, 0) is 4.74 Å². The Kier molecular flexibility index (Phi) is 3.56. The lowest BCUT2D eigenvalue weighted by Crippen LogP contribution is -2.07. The van der Waals surface area contributed by atoms with Gasteiger partial charge in [0.25, 0.3) is 0 Å². The van der Waals surface area contributed by atoms with E-state index in [1.54, 1.807) is 14.0 Å². The largest absolute Gasteiger partial charge is 0.461 e. The number of carbonyl (C=O) groups is 1. The Morgan fingerprint density at radius 1 is 1.77 bits per heavy atom. The predicted octanol–water partition coefficient (Wildman–Crippen LogP) is 1.65. The summed E-state index contributed by atoms with van der Waals surface area (Å²) in [5.41, 5.74) is 0.305. The molecule has 0 aromatic carbocycles. The van der Waals surface area contributed by atoms with E-state index in [0.717, 1.165) is 0 Å². The molecule has 0 atom stereocenters. The number of hydrogen-bond donors (Lipinski definition) is 2. The quantitative estimate of drug-likeness (QED) is 0.598. The minimum atomic E-state index is -0.414. The van der Waals surface area contributed by atoms with Crippen LogP contribution >= 0.6 is 24.0 Å². The minimum absolute atomic E-state index is 0.305. The van der Waals surface area contributed by atoms with Gasteiger partial charge in [-0.3, -0.25) is 0 Å². The van der Waals surface area contributed by atoms with Crippen LogP contribution in [0.5, 0.6) is 0 Å². The molecule has 0 unspecified atom stereocenters. The monoisotopic (exact) mass is 218 g/mol. The highest BCUT2D eigenvalue weighted by Crippen LogP contribution is 2.26. The van der Waals surface area contributed by atoms with Gasteiger partial charge < -0.3 is 10.1 Å². The Bertz CT molecular complexity index is 311. The zero-order chi connectivity index (χ0) is 9.84. The van der Waals surface area contributed by atoms with E-state index in [9.17, 15) is 4.79 Å². The van der Waals surface area contributed by atoms with Crippen molar-refractivity contribution >= 4 is 34.9 Å². The van der Waals surface area contributed by atoms with E-state index in [1.807, 2.05) is 0 Å². The highest BCUT2D eigenvalue weighted by molar-refractivity contribution is 7.82. The Morgan fingerprint density at radius 2 is 2.46 bits per heavy atom. The first-order valence-electron chi connectivity index (χ1n) is 3.73. The van der Waals surface area contributed by atoms with Gasteiger partial charge in [0, 0.05) is 7.05 Å². The van der Waals surface area contributed by atoms with Crippen molar-refractivity contribution in [3.05, 3.63) is 5.69 Å². The van der Waals surface area contributed by atoms with Gasteiger partial charge in [0.2, 0.25) is 0 Å². The molecule has 1 rings (SSSR count). The van der Waals surface area contributed by atoms with Crippen molar-refractivity contribution in [2.24, 2.45) is 0 Å². The molecular weight excluding hydrogens is 208 g/mol. The fraction of sp³-hybridized carbons (Fsp3) is 0.429. The molecule has 1 N–H and O–H groups in total. The number of rotatable bonds is 3. The van der Waals surface area contributed by atoms with Crippen LogP contribution in [0.3, 0.4) is 0 Å². The summed E-state index contributed by atoms with van der Waals surface area (Å²) in [4.78, 5) is 15.2. The summed E-state index contributed by atoms with van der Waals surface area (Å²) in [5.74, 6) is -0.414. The Labute approximate surface area is 85.7 Å². The molecule has 0 spiro atoms. The molecule has 1 aromatic rings. The fourth-order valence-electron chi connectivity index (χ4n) is 0.816. The number of ether oxygens (including phenoxy) is 1. The van der Waals surface area contributed by atoms with Gasteiger partial charge in [-0.15, -0.1) is 12.6 Å². The van der Waals surface area contributed by atoms with Gasteiger partial charge in [0.05, 0.1) is 6.61 Å². The van der Waals surface area contributed by atoms with Crippen LogP contribution < -0.4 is 5.32 Å². The lowest BCUT2D eigenvalue weighted by molar-refractivity contribution is 0.0521. The zero-order valence-corrected chi connectivity index (χ0v) is 9.04. The molecule has 1 heterocycles. The van der Waals surface area contributed by atoms with Crippen molar-refractivity contribution in [1.29, 1.82) is 0 Å². The Morgan fingerprint density at radius 3 is 3.00 bits per heavy atom. The molecule has 1 aromatic heterocycles. The molecule has 6 heteroatoms. The van der Waals surface area contributed by atoms with Crippen LogP contribution in [0.4, 0.5) is 5.00 Å². The third-order valence-electron chi connectivity index (χ3n) is 1.31. The van der Waals surface area contributed by atoms with Crippen molar-refractivity contribution < 1.29 is 9.53 Å². The van der Waals surface area contributed by atoms with Crippen LogP contribution in [0.15, 0.2) is 4.34 Å². The minimum Gasteiger partial charge on any atom is -0.461 e. The topological polar surface area (TPSA) is 51.2 Å². The number of nitrogens with one attached hydrogen (secondary N) is 1. The summed E-state index contributed by atoms with van der Waals surface area (Å²) in [6, 6.07) is 0. The summed E-state index contributed by atoms with van der Waals surface area (Å²) in [7, 11) is 1.73. The second-order valence-corrected chi connectivity index (χ2v) is 3.87. The first-order chi connectivity index (χ1) is 6.19. The maximum absolute atomic E-state index is 11.3. The van der Waals surface area contributed by atoms with Crippen molar-refractivity contribution in [2.45, 2.75) is 11.3 Å². The second-order valence-electron chi connectivity index (χ2n) is 2.14. The van der Waals surface area contributed by atoms with Crippen molar-refractivity contribution in [2.75, 3.05) is 19.0 Å². The SMILES string of the molecule is CCOC(=O)c1nc(S)sc1NC. The highest BCUT2D eigenvalue weighted by Gasteiger charge is 2.16. The van der Waals surface area contributed by atoms with Gasteiger partial charge >= 0.3 is 5.97 Å². The molecule has 4 nitrogen and oxygen atoms in total. The number of thiazole rings is 1. The number of thiol groups is 1. The highest BCUT2D eigenvalue weighted by atomic mass is 32.2. The van der Waals surface area contributed by atoms with Crippen molar-refractivity contribution in [1.82, 2.24) is 4.98 Å². The molecule has 0 fully saturated rings. The van der Waals surface area contributed by atoms with Crippen LogP contribution in [0, 0.1) is 0 Å². The average molecular weight is 218 g/mol. The summed E-state index contributed by atoms with van der Waals surface area (Å²) in [6.07, 6.45) is 0. The van der Waals surface area contributed by atoms with Crippen molar-refractivity contribution in [3.8, 4) is 0 Å². The first kappa shape index (κ1) is 10.3. The number of anilines is 1. The van der Waals surface area contributed by atoms with Gasteiger partial charge in [0.1, 0.15) is 9.34 Å². The van der Waals surface area contributed by atoms with Crippen LogP contribution in [0.1, 0.15) is 17.4 Å². The van der Waals surface area contributed by atoms with Crippen LogP contribution in [-0.4, -0.2) is 24.6 Å². The normalized spacial score (nSPS) is 9.77. The van der Waals surface area contributed by atoms with E-state index < -0.39 is 5.97 Å². The fourth-order valence-corrected chi connectivity index (χ4v) is 1.84. The van der Waals surface area contributed by atoms with Gasteiger partial charge in [-0.2, -0.15) is 0 Å². The van der Waals surface area contributed by atoms with Gasteiger partial charge in [-0.05, 0) is 6.92 Å². The second kappa shape index (κ2) is 4.48. The average Bonchev–Trinajstić information content (AvgIpc) is 2.47. The summed E-state index contributed by atoms with van der Waals surface area (Å²) in [6.45, 7) is 2.10. The molecule has 0 aliphatic carbocycles. The molecule has 0 aliphatic rings. The summed E-state index contributed by atoms with van der Waals surface area (Å²) < 4.78 is 5.36. The predicted molar refractivity (Wildman–Crippen MR) is 54.9 cm³/mol. The number of carbonyl (C=O) groups excluding carboxylic acids is 1. The van der Waals surface area contributed by atoms with Gasteiger partial charge in [-0.25, -0.2) is 9.78 Å². The number of esters is 1. The standard InChI is InChI=1S/C7H10N2O2S2/c1-3-11-6(10)4-5(8-2)13-7(12)9-4/h8H,3H2,1-2H3,(H,9,12). The molecule has 0 radical (unpaired) electrons. The van der Waals surface area contributed by atoms with E-state index in [2.05, 4.69) is 22.9 Å². The lowest BCUT2D eigenvalue weighted by Gasteiger charge is -2.00. The number of hydrogen-bond acceptors (Lipinski definition) is 6. The van der Waals surface area contributed by atoms with Gasteiger partial charge in [-0.1, -0.05) is 11.3 Å². The van der Waals surface area contributed by atoms with Gasteiger partial charge in [0.15, 0.2) is 5.69 Å². The summed E-state index contributed by atoms with van der Waals surface area (Å²) in [5, 5.41) is 3.55. The van der Waals surface area contributed by atoms with E-state index >= 15 is 0 Å². The third kappa shape index (κ3) is 2.35. The maximum Gasteiger partial charge on any atom is 0.360 e. The smallest absolute Gasteiger partial charge is 0.360 e. The zero-order valence-electron chi connectivity index (χ0n) is 7.33. The van der Waals surface area contributed by atoms with Crippen LogP contribution in [0.25, 0.3) is 0 Å². The lowest BCUT2D eigenvalue weighted by atomic mass is 10.4. The molecule has 0 saturated heterocycles. The first-order valence-corrected chi connectivity index (χ1v) is 5.00. The maximum atomic E-state index is 11.3. The molecule has 72 valence electrons. The number of nitrogens with zero attached hydrogens (tertiary/aromatic N) is 1. The molecule has 0 saturated carbocycles. The van der Waals surface area contributed by atoms with E-state index in [-0.39, 0.29) is 0 Å². The molecule has 0 bridgehead atoms. The van der Waals surface area contributed by atoms with E-state index in [4.69, 9.17) is 4.74 Å². The molecular formula is C7H10N2O2S2. The van der Waals surface area contributed by atoms with E-state index in [1.165, 1.54) is 11.3 Å². The van der Waals surface area contributed by atoms with E-state index in [0.29, 0.717) is 21.6 Å². The summed E-state index contributed by atoms with van der Waals surface area (Å²) >= 11 is 5.36. The number of aromatic nitrogens is 1. The molecule has 0 amide bonds. The Hall–Kier alpha value is -0.750. The molecule has 13 heavy (non-hydrogen) atoms. The Balaban J connectivity index is 2.91. The molecule has 0 aliphatic heterocycles.